The SMILES string of the molecule is CC(=O)Nc1sc2c(c1-c1nc3ccccc3s1)CNCC2. The Morgan fingerprint density at radius 2 is 2.18 bits per heavy atom. The molecule has 0 saturated heterocycles. The van der Waals surface area contributed by atoms with E-state index in [1.807, 2.05) is 18.2 Å². The van der Waals surface area contributed by atoms with Crippen LogP contribution in [0.4, 0.5) is 5.00 Å². The van der Waals surface area contributed by atoms with Crippen molar-refractivity contribution in [1.82, 2.24) is 10.3 Å². The zero-order chi connectivity index (χ0) is 15.1. The van der Waals surface area contributed by atoms with Gasteiger partial charge in [-0.2, -0.15) is 0 Å². The molecule has 0 aliphatic carbocycles. The summed E-state index contributed by atoms with van der Waals surface area (Å²) in [5.41, 5.74) is 3.41. The molecular weight excluding hydrogens is 314 g/mol. The van der Waals surface area contributed by atoms with Gasteiger partial charge in [-0.15, -0.1) is 22.7 Å². The Morgan fingerprint density at radius 3 is 3.00 bits per heavy atom. The first kappa shape index (κ1) is 13.9. The average Bonchev–Trinajstić information content (AvgIpc) is 3.06. The number of thiazole rings is 1. The minimum absolute atomic E-state index is 0.0334. The van der Waals surface area contributed by atoms with Gasteiger partial charge in [0.25, 0.3) is 0 Å². The Labute approximate surface area is 136 Å². The van der Waals surface area contributed by atoms with E-state index < -0.39 is 0 Å². The Hall–Kier alpha value is -1.76. The second-order valence-corrected chi connectivity index (χ2v) is 7.44. The molecule has 1 aliphatic rings. The molecule has 4 nitrogen and oxygen atoms in total. The van der Waals surface area contributed by atoms with E-state index in [-0.39, 0.29) is 5.91 Å². The van der Waals surface area contributed by atoms with Gasteiger partial charge in [-0.3, -0.25) is 4.79 Å². The molecule has 0 fully saturated rings. The number of nitrogens with one attached hydrogen (secondary N) is 2. The Bertz CT molecular complexity index is 833. The van der Waals surface area contributed by atoms with Crippen molar-refractivity contribution < 1.29 is 4.79 Å². The van der Waals surface area contributed by atoms with Crippen LogP contribution in [0.2, 0.25) is 0 Å². The maximum absolute atomic E-state index is 11.5. The fourth-order valence-corrected chi connectivity index (χ4v) is 5.14. The first-order valence-electron chi connectivity index (χ1n) is 7.21. The van der Waals surface area contributed by atoms with Crippen LogP contribution in [0.1, 0.15) is 17.4 Å². The van der Waals surface area contributed by atoms with Gasteiger partial charge in [-0.05, 0) is 24.1 Å². The van der Waals surface area contributed by atoms with Gasteiger partial charge in [-0.25, -0.2) is 4.98 Å². The van der Waals surface area contributed by atoms with E-state index in [4.69, 9.17) is 4.98 Å². The van der Waals surface area contributed by atoms with Crippen LogP contribution in [-0.2, 0) is 17.8 Å². The van der Waals surface area contributed by atoms with Gasteiger partial charge in [-0.1, -0.05) is 12.1 Å². The number of hydrogen-bond donors (Lipinski definition) is 2. The number of rotatable bonds is 2. The van der Waals surface area contributed by atoms with E-state index in [0.29, 0.717) is 0 Å². The van der Waals surface area contributed by atoms with Gasteiger partial charge in [0, 0.05) is 24.9 Å². The third kappa shape index (κ3) is 2.33. The highest BCUT2D eigenvalue weighted by Crippen LogP contribution is 2.44. The van der Waals surface area contributed by atoms with Crippen LogP contribution in [0.15, 0.2) is 24.3 Å². The molecule has 1 amide bonds. The lowest BCUT2D eigenvalue weighted by atomic mass is 10.1. The maximum atomic E-state index is 11.5. The van der Waals surface area contributed by atoms with E-state index in [2.05, 4.69) is 16.7 Å². The smallest absolute Gasteiger partial charge is 0.221 e. The summed E-state index contributed by atoms with van der Waals surface area (Å²) in [7, 11) is 0. The van der Waals surface area contributed by atoms with Crippen molar-refractivity contribution in [3.8, 4) is 10.6 Å². The van der Waals surface area contributed by atoms with E-state index in [9.17, 15) is 4.79 Å². The number of carbonyl (C=O) groups is 1. The van der Waals surface area contributed by atoms with Crippen LogP contribution in [-0.4, -0.2) is 17.4 Å². The Kier molecular flexibility index (Phi) is 3.44. The van der Waals surface area contributed by atoms with Crippen LogP contribution in [0.25, 0.3) is 20.8 Å². The summed E-state index contributed by atoms with van der Waals surface area (Å²) in [4.78, 5) is 17.7. The number of aromatic nitrogens is 1. The van der Waals surface area contributed by atoms with Crippen LogP contribution in [0, 0.1) is 0 Å². The third-order valence-electron chi connectivity index (χ3n) is 3.72. The van der Waals surface area contributed by atoms with E-state index in [1.165, 1.54) is 15.1 Å². The summed E-state index contributed by atoms with van der Waals surface area (Å²) in [6, 6.07) is 8.16. The Balaban J connectivity index is 1.91. The standard InChI is InChI=1S/C16H15N3OS2/c1-9(20)18-15-14(10-8-17-7-6-12(10)21-15)16-19-11-4-2-3-5-13(11)22-16/h2-5,17H,6-8H2,1H3,(H,18,20). The van der Waals surface area contributed by atoms with Gasteiger partial charge >= 0.3 is 0 Å². The monoisotopic (exact) mass is 329 g/mol. The summed E-state index contributed by atoms with van der Waals surface area (Å²) >= 11 is 3.38. The molecular formula is C16H15N3OS2. The van der Waals surface area contributed by atoms with Gasteiger partial charge < -0.3 is 10.6 Å². The number of para-hydroxylation sites is 1. The van der Waals surface area contributed by atoms with E-state index in [1.54, 1.807) is 29.6 Å². The maximum Gasteiger partial charge on any atom is 0.221 e. The predicted molar refractivity (Wildman–Crippen MR) is 92.6 cm³/mol. The lowest BCUT2D eigenvalue weighted by Crippen LogP contribution is -2.22. The molecule has 3 aromatic rings. The van der Waals surface area contributed by atoms with Crippen molar-refractivity contribution in [2.24, 2.45) is 0 Å². The van der Waals surface area contributed by atoms with E-state index >= 15 is 0 Å². The van der Waals surface area contributed by atoms with Crippen LogP contribution >= 0.6 is 22.7 Å². The fourth-order valence-electron chi connectivity index (χ4n) is 2.77. The molecule has 3 heterocycles. The molecule has 0 spiro atoms. The minimum Gasteiger partial charge on any atom is -0.317 e. The topological polar surface area (TPSA) is 54.0 Å². The highest BCUT2D eigenvalue weighted by Gasteiger charge is 2.24. The van der Waals surface area contributed by atoms with E-state index in [0.717, 1.165) is 40.6 Å². The number of thiophene rings is 1. The molecule has 4 rings (SSSR count). The zero-order valence-electron chi connectivity index (χ0n) is 12.1. The van der Waals surface area contributed by atoms with Crippen molar-refractivity contribution in [3.05, 3.63) is 34.7 Å². The summed E-state index contributed by atoms with van der Waals surface area (Å²) in [6.07, 6.45) is 1.01. The lowest BCUT2D eigenvalue weighted by Gasteiger charge is -2.13. The molecule has 1 aromatic carbocycles. The van der Waals surface area contributed by atoms with Crippen molar-refractivity contribution in [2.45, 2.75) is 19.9 Å². The molecule has 0 atom stereocenters. The normalized spacial score (nSPS) is 14.0. The van der Waals surface area contributed by atoms with Gasteiger partial charge in [0.1, 0.15) is 10.0 Å². The molecule has 1 aliphatic heterocycles. The lowest BCUT2D eigenvalue weighted by molar-refractivity contribution is -0.114. The summed E-state index contributed by atoms with van der Waals surface area (Å²) < 4.78 is 1.18. The van der Waals surface area contributed by atoms with Gasteiger partial charge in [0.2, 0.25) is 5.91 Å². The van der Waals surface area contributed by atoms with Crippen LogP contribution in [0.5, 0.6) is 0 Å². The second-order valence-electron chi connectivity index (χ2n) is 5.30. The van der Waals surface area contributed by atoms with Crippen molar-refractivity contribution in [2.75, 3.05) is 11.9 Å². The van der Waals surface area contributed by atoms with Gasteiger partial charge in [0.05, 0.1) is 15.8 Å². The van der Waals surface area contributed by atoms with Crippen LogP contribution in [0.3, 0.4) is 0 Å². The molecule has 6 heteroatoms. The summed E-state index contributed by atoms with van der Waals surface area (Å²) in [6.45, 7) is 3.39. The third-order valence-corrected chi connectivity index (χ3v) is 5.98. The molecule has 0 bridgehead atoms. The summed E-state index contributed by atoms with van der Waals surface area (Å²) in [5.74, 6) is -0.0334. The number of amides is 1. The largest absolute Gasteiger partial charge is 0.317 e. The molecule has 112 valence electrons. The second kappa shape index (κ2) is 5.46. The molecule has 0 unspecified atom stereocenters. The zero-order valence-corrected chi connectivity index (χ0v) is 13.7. The number of anilines is 1. The molecule has 0 radical (unpaired) electrons. The van der Waals surface area contributed by atoms with Crippen molar-refractivity contribution in [1.29, 1.82) is 0 Å². The number of fused-ring (bicyclic) bond motifs is 2. The van der Waals surface area contributed by atoms with Crippen molar-refractivity contribution >= 4 is 43.8 Å². The molecule has 2 N–H and O–H groups in total. The highest BCUT2D eigenvalue weighted by molar-refractivity contribution is 7.22. The number of hydrogen-bond acceptors (Lipinski definition) is 5. The Morgan fingerprint density at radius 1 is 1.32 bits per heavy atom. The molecule has 2 aromatic heterocycles. The molecule has 0 saturated carbocycles. The van der Waals surface area contributed by atoms with Gasteiger partial charge in [0.15, 0.2) is 0 Å². The number of nitrogens with zero attached hydrogens (tertiary/aromatic N) is 1. The van der Waals surface area contributed by atoms with Crippen molar-refractivity contribution in [3.63, 3.8) is 0 Å². The first-order valence-corrected chi connectivity index (χ1v) is 8.84. The minimum atomic E-state index is -0.0334. The quantitative estimate of drug-likeness (QED) is 0.755. The predicted octanol–water partition coefficient (Wildman–Crippen LogP) is 3.63. The average molecular weight is 329 g/mol. The number of carbonyl (C=O) groups excluding carboxylic acids is 1. The summed E-state index contributed by atoms with van der Waals surface area (Å²) in [5, 5.41) is 8.34. The first-order chi connectivity index (χ1) is 10.7. The number of benzene rings is 1. The van der Waals surface area contributed by atoms with Crippen LogP contribution < -0.4 is 10.6 Å². The fraction of sp³-hybridized carbons (Fsp3) is 0.250. The molecule has 22 heavy (non-hydrogen) atoms. The highest BCUT2D eigenvalue weighted by atomic mass is 32.1.